The molecule has 100 valence electrons. The first-order valence-electron chi connectivity index (χ1n) is 5.22. The molecule has 0 aliphatic carbocycles. The van der Waals surface area contributed by atoms with E-state index in [1.165, 1.54) is 22.7 Å². The number of hydrogen-bond donors (Lipinski definition) is 2. The highest BCUT2D eigenvalue weighted by Crippen LogP contribution is 2.28. The lowest BCUT2D eigenvalue weighted by molar-refractivity contribution is 0.103. The van der Waals surface area contributed by atoms with Crippen LogP contribution in [0.1, 0.15) is 27.9 Å². The normalized spacial score (nSPS) is 11.6. The maximum atomic E-state index is 12.0. The molecule has 0 saturated heterocycles. The van der Waals surface area contributed by atoms with E-state index in [2.05, 4.69) is 15.5 Å². The Labute approximate surface area is 122 Å². The lowest BCUT2D eigenvalue weighted by Gasteiger charge is -1.99. The summed E-state index contributed by atoms with van der Waals surface area (Å²) in [5.41, 5.74) is 1.79. The van der Waals surface area contributed by atoms with Crippen molar-refractivity contribution < 1.29 is 10.0 Å². The maximum Gasteiger partial charge on any atom is 0.269 e. The Bertz CT molecular complexity index is 648. The van der Waals surface area contributed by atoms with Gasteiger partial charge in [-0.2, -0.15) is 0 Å². The molecule has 0 unspecified atom stereocenters. The third-order valence-corrected chi connectivity index (χ3v) is 4.80. The Kier molecular flexibility index (Phi) is 4.18. The summed E-state index contributed by atoms with van der Waals surface area (Å²) in [7, 11) is 0. The molecule has 0 aromatic carbocycles. The van der Waals surface area contributed by atoms with Gasteiger partial charge in [-0.1, -0.05) is 16.8 Å². The lowest BCUT2D eigenvalue weighted by atomic mass is 10.3. The molecule has 0 fully saturated rings. The number of nitrogens with zero attached hydrogens (tertiary/aromatic N) is 2. The molecule has 19 heavy (non-hydrogen) atoms. The molecule has 0 spiro atoms. The first-order chi connectivity index (χ1) is 9.02. The Balaban J connectivity index is 2.16. The molecule has 2 N–H and O–H groups in total. The number of halogens is 1. The zero-order chi connectivity index (χ0) is 14.0. The summed E-state index contributed by atoms with van der Waals surface area (Å²) in [5.74, 6) is -0.289. The number of thiazole rings is 1. The van der Waals surface area contributed by atoms with Crippen LogP contribution in [0, 0.1) is 6.92 Å². The van der Waals surface area contributed by atoms with Gasteiger partial charge < -0.3 is 5.21 Å². The molecule has 2 rings (SSSR count). The largest absolute Gasteiger partial charge is 0.411 e. The van der Waals surface area contributed by atoms with Crippen molar-refractivity contribution in [2.75, 3.05) is 5.32 Å². The van der Waals surface area contributed by atoms with E-state index in [9.17, 15) is 4.79 Å². The van der Waals surface area contributed by atoms with Crippen molar-refractivity contribution >= 4 is 51.0 Å². The first kappa shape index (κ1) is 14.0. The number of thiophene rings is 1. The van der Waals surface area contributed by atoms with Crippen molar-refractivity contribution in [3.05, 3.63) is 31.9 Å². The van der Waals surface area contributed by atoms with Crippen LogP contribution in [0.4, 0.5) is 5.13 Å². The predicted octanol–water partition coefficient (Wildman–Crippen LogP) is 3.62. The minimum Gasteiger partial charge on any atom is -0.411 e. The van der Waals surface area contributed by atoms with E-state index in [0.29, 0.717) is 26.4 Å². The summed E-state index contributed by atoms with van der Waals surface area (Å²) in [5, 5.41) is 18.8. The highest BCUT2D eigenvalue weighted by atomic mass is 35.5. The Morgan fingerprint density at radius 1 is 1.47 bits per heavy atom. The lowest BCUT2D eigenvalue weighted by Crippen LogP contribution is -2.10. The summed E-state index contributed by atoms with van der Waals surface area (Å²) in [6, 6.07) is 0. The van der Waals surface area contributed by atoms with Crippen molar-refractivity contribution in [2.45, 2.75) is 13.8 Å². The van der Waals surface area contributed by atoms with Crippen LogP contribution in [-0.2, 0) is 0 Å². The van der Waals surface area contributed by atoms with Crippen molar-refractivity contribution in [2.24, 2.45) is 5.16 Å². The summed E-state index contributed by atoms with van der Waals surface area (Å²) in [6.07, 6.45) is 0. The van der Waals surface area contributed by atoms with Crippen LogP contribution < -0.4 is 5.32 Å². The number of carbonyl (C=O) groups excluding carboxylic acids is 1. The van der Waals surface area contributed by atoms with Gasteiger partial charge in [0, 0.05) is 5.38 Å². The highest BCUT2D eigenvalue weighted by Gasteiger charge is 2.16. The average Bonchev–Trinajstić information content (AvgIpc) is 2.97. The van der Waals surface area contributed by atoms with Gasteiger partial charge in [0.1, 0.15) is 16.3 Å². The molecule has 0 saturated carbocycles. The van der Waals surface area contributed by atoms with Crippen LogP contribution in [0.25, 0.3) is 0 Å². The van der Waals surface area contributed by atoms with Crippen LogP contribution >= 0.6 is 34.3 Å². The van der Waals surface area contributed by atoms with Gasteiger partial charge >= 0.3 is 0 Å². The van der Waals surface area contributed by atoms with E-state index < -0.39 is 0 Å². The van der Waals surface area contributed by atoms with Gasteiger partial charge in [0.15, 0.2) is 5.13 Å². The van der Waals surface area contributed by atoms with E-state index in [4.69, 9.17) is 16.8 Å². The van der Waals surface area contributed by atoms with Crippen LogP contribution in [0.3, 0.4) is 0 Å². The maximum absolute atomic E-state index is 12.0. The molecule has 2 aromatic heterocycles. The fourth-order valence-electron chi connectivity index (χ4n) is 1.29. The van der Waals surface area contributed by atoms with Gasteiger partial charge in [0.05, 0.1) is 5.02 Å². The third-order valence-electron chi connectivity index (χ3n) is 2.35. The standard InChI is InChI=1S/C11H10ClN3O2S2/c1-5-3-18-9(8(5)12)10(16)14-11-13-7(4-19-11)6(2)15-17/h3-4,17H,1-2H3,(H,13,14,16)/b15-6-. The minimum atomic E-state index is -0.289. The predicted molar refractivity (Wildman–Crippen MR) is 78.1 cm³/mol. The molecule has 8 heteroatoms. The van der Waals surface area contributed by atoms with Crippen LogP contribution in [0.15, 0.2) is 15.9 Å². The number of hydrogen-bond acceptors (Lipinski definition) is 6. The number of aromatic nitrogens is 1. The van der Waals surface area contributed by atoms with Gasteiger partial charge in [-0.05, 0) is 24.8 Å². The summed E-state index contributed by atoms with van der Waals surface area (Å²) >= 11 is 8.57. The number of amides is 1. The molecular weight excluding hydrogens is 306 g/mol. The molecule has 0 bridgehead atoms. The summed E-state index contributed by atoms with van der Waals surface area (Å²) < 4.78 is 0. The number of oxime groups is 1. The van der Waals surface area contributed by atoms with E-state index in [-0.39, 0.29) is 5.91 Å². The number of aryl methyl sites for hydroxylation is 1. The second-order valence-corrected chi connectivity index (χ2v) is 5.85. The quantitative estimate of drug-likeness (QED) is 0.516. The molecule has 0 atom stereocenters. The average molecular weight is 316 g/mol. The molecule has 2 aromatic rings. The number of rotatable bonds is 3. The Hall–Kier alpha value is -1.44. The first-order valence-corrected chi connectivity index (χ1v) is 7.36. The SMILES string of the molecule is C/C(=N/O)c1csc(NC(=O)c2scc(C)c2Cl)n1. The topological polar surface area (TPSA) is 74.6 Å². The van der Waals surface area contributed by atoms with Crippen molar-refractivity contribution in [3.63, 3.8) is 0 Å². The van der Waals surface area contributed by atoms with Gasteiger partial charge in [-0.3, -0.25) is 10.1 Å². The zero-order valence-electron chi connectivity index (χ0n) is 10.1. The monoisotopic (exact) mass is 315 g/mol. The molecular formula is C11H10ClN3O2S2. The summed E-state index contributed by atoms with van der Waals surface area (Å²) in [4.78, 5) is 16.6. The van der Waals surface area contributed by atoms with E-state index >= 15 is 0 Å². The molecule has 0 aliphatic rings. The molecule has 5 nitrogen and oxygen atoms in total. The molecule has 0 radical (unpaired) electrons. The van der Waals surface area contributed by atoms with Gasteiger partial charge in [0.25, 0.3) is 5.91 Å². The van der Waals surface area contributed by atoms with Gasteiger partial charge in [0.2, 0.25) is 0 Å². The van der Waals surface area contributed by atoms with E-state index in [0.717, 1.165) is 5.56 Å². The number of nitrogens with one attached hydrogen (secondary N) is 1. The van der Waals surface area contributed by atoms with E-state index in [1.54, 1.807) is 12.3 Å². The van der Waals surface area contributed by atoms with Crippen molar-refractivity contribution in [3.8, 4) is 0 Å². The second-order valence-electron chi connectivity index (χ2n) is 3.74. The number of carbonyl (C=O) groups is 1. The van der Waals surface area contributed by atoms with Crippen molar-refractivity contribution in [1.82, 2.24) is 4.98 Å². The van der Waals surface area contributed by atoms with Crippen LogP contribution in [0.5, 0.6) is 0 Å². The van der Waals surface area contributed by atoms with Crippen LogP contribution in [-0.4, -0.2) is 21.8 Å². The smallest absolute Gasteiger partial charge is 0.269 e. The second kappa shape index (κ2) is 5.68. The van der Waals surface area contributed by atoms with Crippen LogP contribution in [0.2, 0.25) is 5.02 Å². The highest BCUT2D eigenvalue weighted by molar-refractivity contribution is 7.15. The Morgan fingerprint density at radius 2 is 2.21 bits per heavy atom. The number of anilines is 1. The zero-order valence-corrected chi connectivity index (χ0v) is 12.5. The minimum absolute atomic E-state index is 0.289. The van der Waals surface area contributed by atoms with E-state index in [1.807, 2.05) is 12.3 Å². The molecule has 0 aliphatic heterocycles. The Morgan fingerprint density at radius 3 is 2.79 bits per heavy atom. The summed E-state index contributed by atoms with van der Waals surface area (Å²) in [6.45, 7) is 3.47. The van der Waals surface area contributed by atoms with Gasteiger partial charge in [-0.15, -0.1) is 22.7 Å². The molecule has 2 heterocycles. The fraction of sp³-hybridized carbons (Fsp3) is 0.182. The third kappa shape index (κ3) is 2.94. The fourth-order valence-corrected chi connectivity index (χ4v) is 3.21. The van der Waals surface area contributed by atoms with Crippen molar-refractivity contribution in [1.29, 1.82) is 0 Å². The molecule has 1 amide bonds. The van der Waals surface area contributed by atoms with Gasteiger partial charge in [-0.25, -0.2) is 4.98 Å².